The van der Waals surface area contributed by atoms with Gasteiger partial charge in [-0.2, -0.15) is 0 Å². The summed E-state index contributed by atoms with van der Waals surface area (Å²) in [5, 5.41) is 8.78. The molecule has 4 fully saturated rings. The molecule has 140 valence electrons. The number of hydroxylamine groups is 1. The van der Waals surface area contributed by atoms with Crippen molar-refractivity contribution < 1.29 is 14.4 Å². The van der Waals surface area contributed by atoms with Crippen LogP contribution in [0.3, 0.4) is 0 Å². The summed E-state index contributed by atoms with van der Waals surface area (Å²) in [5.41, 5.74) is 3.39. The number of pyridine rings is 1. The van der Waals surface area contributed by atoms with Gasteiger partial charge in [-0.1, -0.05) is 0 Å². The van der Waals surface area contributed by atoms with Crippen LogP contribution in [0.4, 0.5) is 4.39 Å². The lowest BCUT2D eigenvalue weighted by atomic mass is 9.48. The number of fused-ring (bicyclic) bond motifs is 1. The predicted octanol–water partition coefficient (Wildman–Crippen LogP) is 2.87. The molecule has 2 N–H and O–H groups in total. The van der Waals surface area contributed by atoms with Gasteiger partial charge in [-0.05, 0) is 73.8 Å². The van der Waals surface area contributed by atoms with Crippen LogP contribution in [0.25, 0.3) is 0 Å². The first-order valence-electron chi connectivity index (χ1n) is 9.79. The van der Waals surface area contributed by atoms with Crippen molar-refractivity contribution in [1.29, 1.82) is 0 Å². The van der Waals surface area contributed by atoms with Crippen molar-refractivity contribution in [2.75, 3.05) is 13.1 Å². The second-order valence-electron chi connectivity index (χ2n) is 9.34. The van der Waals surface area contributed by atoms with Gasteiger partial charge < -0.3 is 0 Å². The van der Waals surface area contributed by atoms with Crippen LogP contribution in [0.1, 0.15) is 60.1 Å². The molecule has 0 radical (unpaired) electrons. The van der Waals surface area contributed by atoms with Gasteiger partial charge >= 0.3 is 0 Å². The standard InChI is InChI=1S/C20H26FN3O2/c21-20-7-13-3-14(8-20)6-19(5-13,11-20)12-24-2-1-15-4-16(18(25)23-26)9-22-17(15)10-24/h4,9,13-14,26H,1-3,5-8,10-12H2,(H,23,25). The molecule has 4 saturated carbocycles. The maximum absolute atomic E-state index is 15.2. The Morgan fingerprint density at radius 2 is 2.12 bits per heavy atom. The number of aromatic nitrogens is 1. The van der Waals surface area contributed by atoms with Gasteiger partial charge in [0.15, 0.2) is 0 Å². The van der Waals surface area contributed by atoms with Crippen molar-refractivity contribution in [3.63, 3.8) is 0 Å². The molecule has 1 aromatic heterocycles. The van der Waals surface area contributed by atoms with Gasteiger partial charge in [-0.25, -0.2) is 9.87 Å². The maximum atomic E-state index is 15.2. The SMILES string of the molecule is O=C(NO)c1cnc2c(c1)CCN(CC13CC4CC(CC(F)(C4)C1)C3)C2. The van der Waals surface area contributed by atoms with Gasteiger partial charge in [0.2, 0.25) is 0 Å². The van der Waals surface area contributed by atoms with Gasteiger partial charge in [0.1, 0.15) is 5.67 Å². The highest BCUT2D eigenvalue weighted by molar-refractivity contribution is 5.93. The molecule has 0 saturated heterocycles. The Morgan fingerprint density at radius 3 is 2.81 bits per heavy atom. The van der Waals surface area contributed by atoms with E-state index in [4.69, 9.17) is 5.21 Å². The van der Waals surface area contributed by atoms with Crippen molar-refractivity contribution in [3.05, 3.63) is 29.1 Å². The molecule has 6 rings (SSSR count). The van der Waals surface area contributed by atoms with E-state index in [0.29, 0.717) is 17.4 Å². The summed E-state index contributed by atoms with van der Waals surface area (Å²) < 4.78 is 15.2. The van der Waals surface area contributed by atoms with E-state index in [9.17, 15) is 4.79 Å². The zero-order valence-electron chi connectivity index (χ0n) is 15.0. The number of halogens is 1. The number of nitrogens with one attached hydrogen (secondary N) is 1. The molecule has 5 aliphatic rings. The Morgan fingerprint density at radius 1 is 1.35 bits per heavy atom. The number of hydrogen-bond donors (Lipinski definition) is 2. The minimum atomic E-state index is -0.900. The first kappa shape index (κ1) is 16.6. The number of rotatable bonds is 3. The van der Waals surface area contributed by atoms with Gasteiger partial charge in [0.25, 0.3) is 5.91 Å². The average molecular weight is 359 g/mol. The normalized spacial score (nSPS) is 38.2. The van der Waals surface area contributed by atoms with Crippen LogP contribution in [0.2, 0.25) is 0 Å². The zero-order valence-corrected chi connectivity index (χ0v) is 15.0. The third-order valence-electron chi connectivity index (χ3n) is 7.16. The number of hydrogen-bond acceptors (Lipinski definition) is 4. The van der Waals surface area contributed by atoms with Crippen LogP contribution in [0, 0.1) is 17.3 Å². The lowest BCUT2D eigenvalue weighted by molar-refractivity contribution is -0.133. The quantitative estimate of drug-likeness (QED) is 0.643. The van der Waals surface area contributed by atoms with Crippen LogP contribution in [-0.4, -0.2) is 39.8 Å². The average Bonchev–Trinajstić information content (AvgIpc) is 2.58. The van der Waals surface area contributed by atoms with Crippen molar-refractivity contribution in [3.8, 4) is 0 Å². The van der Waals surface area contributed by atoms with Crippen molar-refractivity contribution in [2.24, 2.45) is 17.3 Å². The topological polar surface area (TPSA) is 65.5 Å². The molecule has 2 unspecified atom stereocenters. The molecular formula is C20H26FN3O2. The lowest BCUT2D eigenvalue weighted by Crippen LogP contribution is -2.57. The highest BCUT2D eigenvalue weighted by Gasteiger charge is 2.58. The Balaban J connectivity index is 1.32. The molecule has 2 heterocycles. The maximum Gasteiger partial charge on any atom is 0.276 e. The number of alkyl halides is 1. The smallest absolute Gasteiger partial charge is 0.276 e. The van der Waals surface area contributed by atoms with Gasteiger partial charge in [-0.15, -0.1) is 0 Å². The number of carbonyl (C=O) groups excluding carboxylic acids is 1. The van der Waals surface area contributed by atoms with E-state index in [1.54, 1.807) is 5.48 Å². The molecule has 26 heavy (non-hydrogen) atoms. The van der Waals surface area contributed by atoms with Gasteiger partial charge in [-0.3, -0.25) is 19.9 Å². The molecular weight excluding hydrogens is 333 g/mol. The molecule has 0 spiro atoms. The lowest BCUT2D eigenvalue weighted by Gasteiger charge is -2.60. The Bertz CT molecular complexity index is 739. The highest BCUT2D eigenvalue weighted by Crippen LogP contribution is 2.63. The van der Waals surface area contributed by atoms with E-state index in [0.717, 1.165) is 56.6 Å². The van der Waals surface area contributed by atoms with Crippen molar-refractivity contribution in [2.45, 2.75) is 57.2 Å². The van der Waals surface area contributed by atoms with E-state index in [-0.39, 0.29) is 5.41 Å². The first-order chi connectivity index (χ1) is 12.5. The first-order valence-corrected chi connectivity index (χ1v) is 9.79. The third kappa shape index (κ3) is 2.74. The van der Waals surface area contributed by atoms with Gasteiger partial charge in [0, 0.05) is 25.8 Å². The largest absolute Gasteiger partial charge is 0.297 e. The number of carbonyl (C=O) groups is 1. The fraction of sp³-hybridized carbons (Fsp3) is 0.700. The van der Waals surface area contributed by atoms with Crippen molar-refractivity contribution >= 4 is 5.91 Å². The fourth-order valence-electron chi connectivity index (χ4n) is 6.79. The van der Waals surface area contributed by atoms with E-state index in [2.05, 4.69) is 9.88 Å². The summed E-state index contributed by atoms with van der Waals surface area (Å²) in [7, 11) is 0. The van der Waals surface area contributed by atoms with Crippen LogP contribution in [0.5, 0.6) is 0 Å². The van der Waals surface area contributed by atoms with E-state index in [1.165, 1.54) is 25.5 Å². The third-order valence-corrected chi connectivity index (χ3v) is 7.16. The molecule has 2 atom stereocenters. The fourth-order valence-corrected chi connectivity index (χ4v) is 6.79. The molecule has 1 aliphatic heterocycles. The molecule has 6 heteroatoms. The minimum absolute atomic E-state index is 0.160. The Kier molecular flexibility index (Phi) is 3.67. The molecule has 1 aromatic rings. The van der Waals surface area contributed by atoms with Crippen LogP contribution in [-0.2, 0) is 13.0 Å². The van der Waals surface area contributed by atoms with Crippen molar-refractivity contribution in [1.82, 2.24) is 15.4 Å². The second kappa shape index (κ2) is 5.73. The minimum Gasteiger partial charge on any atom is -0.297 e. The number of nitrogens with zero attached hydrogens (tertiary/aromatic N) is 2. The summed E-state index contributed by atoms with van der Waals surface area (Å²) >= 11 is 0. The Hall–Kier alpha value is -1.53. The zero-order chi connectivity index (χ0) is 17.9. The van der Waals surface area contributed by atoms with Crippen LogP contribution < -0.4 is 5.48 Å². The molecule has 0 aromatic carbocycles. The highest BCUT2D eigenvalue weighted by atomic mass is 19.1. The monoisotopic (exact) mass is 359 g/mol. The predicted molar refractivity (Wildman–Crippen MR) is 93.4 cm³/mol. The summed E-state index contributed by atoms with van der Waals surface area (Å²) in [4.78, 5) is 18.5. The van der Waals surface area contributed by atoms with Crippen LogP contribution >= 0.6 is 0 Å². The molecule has 5 nitrogen and oxygen atoms in total. The summed E-state index contributed by atoms with van der Waals surface area (Å²) in [6.45, 7) is 2.67. The van der Waals surface area contributed by atoms with E-state index >= 15 is 4.39 Å². The van der Waals surface area contributed by atoms with E-state index < -0.39 is 11.6 Å². The molecule has 1 amide bonds. The van der Waals surface area contributed by atoms with Gasteiger partial charge in [0.05, 0.1) is 11.3 Å². The van der Waals surface area contributed by atoms with E-state index in [1.807, 2.05) is 6.07 Å². The summed E-state index contributed by atoms with van der Waals surface area (Å²) in [5.74, 6) is 0.663. The molecule has 4 bridgehead atoms. The molecule has 4 aliphatic carbocycles. The number of amides is 1. The summed E-state index contributed by atoms with van der Waals surface area (Å²) in [6.07, 6.45) is 8.35. The van der Waals surface area contributed by atoms with Crippen LogP contribution in [0.15, 0.2) is 12.3 Å². The second-order valence-corrected chi connectivity index (χ2v) is 9.34. The summed E-state index contributed by atoms with van der Waals surface area (Å²) in [6, 6.07) is 1.83. The Labute approximate surface area is 152 Å².